The molecule has 0 heterocycles. The third kappa shape index (κ3) is 3.47. The standard InChI is InChI=1S/C3H6O2/c1-2-3(4)5/h2H2,1H3,(H,4,5)/i2D2. The fraction of sp³-hybridized carbons (Fsp3) is 0.667. The minimum Gasteiger partial charge on any atom is -0.481 e. The zero-order valence-corrected chi connectivity index (χ0v) is 2.86. The van der Waals surface area contributed by atoms with E-state index >= 15 is 0 Å². The highest BCUT2D eigenvalue weighted by atomic mass is 16.4. The molecule has 0 saturated heterocycles. The number of hydrogen-bond acceptors (Lipinski definition) is 1. The van der Waals surface area contributed by atoms with Gasteiger partial charge in [-0.05, 0) is 0 Å². The summed E-state index contributed by atoms with van der Waals surface area (Å²) in [5, 5.41) is 7.88. The molecule has 30 valence electrons. The van der Waals surface area contributed by atoms with Gasteiger partial charge in [-0.25, -0.2) is 0 Å². The smallest absolute Gasteiger partial charge is 0.303 e. The number of carbonyl (C=O) groups is 1. The summed E-state index contributed by atoms with van der Waals surface area (Å²) in [6, 6.07) is 0. The van der Waals surface area contributed by atoms with Crippen LogP contribution < -0.4 is 0 Å². The molecule has 5 heavy (non-hydrogen) atoms. The van der Waals surface area contributed by atoms with E-state index in [4.69, 9.17) is 7.85 Å². The summed E-state index contributed by atoms with van der Waals surface area (Å²) < 4.78 is 12.9. The molecule has 0 radical (unpaired) electrons. The topological polar surface area (TPSA) is 37.3 Å². The van der Waals surface area contributed by atoms with Crippen molar-refractivity contribution in [2.24, 2.45) is 0 Å². The van der Waals surface area contributed by atoms with Crippen molar-refractivity contribution in [1.82, 2.24) is 0 Å². The van der Waals surface area contributed by atoms with Gasteiger partial charge in [0.15, 0.2) is 0 Å². The van der Waals surface area contributed by atoms with Gasteiger partial charge < -0.3 is 5.11 Å². The number of rotatable bonds is 1. The minimum atomic E-state index is -2.08. The van der Waals surface area contributed by atoms with Crippen LogP contribution in [-0.2, 0) is 4.79 Å². The number of carboxylic acids is 1. The molecule has 0 aromatic heterocycles. The molecule has 0 spiro atoms. The zero-order valence-electron chi connectivity index (χ0n) is 4.86. The summed E-state index contributed by atoms with van der Waals surface area (Å²) in [6.07, 6.45) is -2.08. The second-order valence-electron chi connectivity index (χ2n) is 0.555. The summed E-state index contributed by atoms with van der Waals surface area (Å²) in [5.41, 5.74) is 0. The Morgan fingerprint density at radius 3 is 2.60 bits per heavy atom. The van der Waals surface area contributed by atoms with E-state index in [9.17, 15) is 4.79 Å². The van der Waals surface area contributed by atoms with Crippen LogP contribution in [0.1, 0.15) is 16.0 Å². The monoisotopic (exact) mass is 76.0 g/mol. The molecule has 0 aliphatic rings. The van der Waals surface area contributed by atoms with Gasteiger partial charge in [-0.1, -0.05) is 6.92 Å². The van der Waals surface area contributed by atoms with E-state index in [-0.39, 0.29) is 0 Å². The highest BCUT2D eigenvalue weighted by molar-refractivity contribution is 5.66. The molecule has 0 rings (SSSR count). The van der Waals surface area contributed by atoms with Gasteiger partial charge in [-0.2, -0.15) is 0 Å². The van der Waals surface area contributed by atoms with Crippen molar-refractivity contribution in [3.8, 4) is 0 Å². The van der Waals surface area contributed by atoms with Gasteiger partial charge in [0.25, 0.3) is 0 Å². The van der Waals surface area contributed by atoms with E-state index in [2.05, 4.69) is 0 Å². The Morgan fingerprint density at radius 2 is 2.60 bits per heavy atom. The van der Waals surface area contributed by atoms with Crippen LogP contribution >= 0.6 is 0 Å². The molecule has 2 heteroatoms. The molecule has 0 aliphatic carbocycles. The van der Waals surface area contributed by atoms with Crippen molar-refractivity contribution in [3.05, 3.63) is 0 Å². The van der Waals surface area contributed by atoms with E-state index in [1.165, 1.54) is 0 Å². The van der Waals surface area contributed by atoms with Gasteiger partial charge >= 0.3 is 5.97 Å². The lowest BCUT2D eigenvalue weighted by atomic mass is 10.5. The maximum Gasteiger partial charge on any atom is 0.303 e. The molecule has 0 atom stereocenters. The molecule has 0 saturated carbocycles. The lowest BCUT2D eigenvalue weighted by molar-refractivity contribution is -0.136. The Balaban J connectivity index is 3.79. The Morgan fingerprint density at radius 1 is 2.40 bits per heavy atom. The Hall–Kier alpha value is -0.530. The number of aliphatic carboxylic acids is 1. The normalized spacial score (nSPS) is 16.2. The van der Waals surface area contributed by atoms with Gasteiger partial charge in [0.1, 0.15) is 0 Å². The average Bonchev–Trinajstić information content (AvgIpc) is 1.31. The summed E-state index contributed by atoms with van der Waals surface area (Å²) in [6.45, 7) is 0.995. The van der Waals surface area contributed by atoms with Crippen molar-refractivity contribution in [2.45, 2.75) is 13.3 Å². The van der Waals surface area contributed by atoms with E-state index in [1.54, 1.807) is 0 Å². The second kappa shape index (κ2) is 1.76. The largest absolute Gasteiger partial charge is 0.481 e. The van der Waals surface area contributed by atoms with Gasteiger partial charge in [0.2, 0.25) is 0 Å². The summed E-state index contributed by atoms with van der Waals surface area (Å²) >= 11 is 0. The van der Waals surface area contributed by atoms with Crippen molar-refractivity contribution < 1.29 is 12.6 Å². The Labute approximate surface area is 33.2 Å². The van der Waals surface area contributed by atoms with Crippen molar-refractivity contribution in [1.29, 1.82) is 0 Å². The molecular formula is C3H6O2. The molecule has 0 aromatic carbocycles. The van der Waals surface area contributed by atoms with Crippen molar-refractivity contribution in [3.63, 3.8) is 0 Å². The Kier molecular flexibility index (Phi) is 0.633. The van der Waals surface area contributed by atoms with Crippen LogP contribution in [0, 0.1) is 0 Å². The summed E-state index contributed by atoms with van der Waals surface area (Å²) in [4.78, 5) is 9.65. The second-order valence-corrected chi connectivity index (χ2v) is 0.555. The van der Waals surface area contributed by atoms with E-state index < -0.39 is 12.3 Å². The molecule has 0 unspecified atom stereocenters. The van der Waals surface area contributed by atoms with Crippen LogP contribution in [0.25, 0.3) is 0 Å². The predicted octanol–water partition coefficient (Wildman–Crippen LogP) is 0.481. The lowest BCUT2D eigenvalue weighted by Crippen LogP contribution is -1.86. The average molecular weight is 76.1 g/mol. The molecular weight excluding hydrogens is 68.0 g/mol. The summed E-state index contributed by atoms with van der Waals surface area (Å²) in [5.74, 6) is -1.42. The van der Waals surface area contributed by atoms with Gasteiger partial charge in [-0.15, -0.1) is 0 Å². The van der Waals surface area contributed by atoms with Crippen LogP contribution in [0.3, 0.4) is 0 Å². The summed E-state index contributed by atoms with van der Waals surface area (Å²) in [7, 11) is 0. The van der Waals surface area contributed by atoms with E-state index in [0.717, 1.165) is 6.92 Å². The van der Waals surface area contributed by atoms with Crippen molar-refractivity contribution in [2.75, 3.05) is 0 Å². The molecule has 0 amide bonds. The quantitative estimate of drug-likeness (QED) is 0.493. The molecule has 1 N–H and O–H groups in total. The third-order valence-corrected chi connectivity index (χ3v) is 0.214. The highest BCUT2D eigenvalue weighted by Gasteiger charge is 1.80. The highest BCUT2D eigenvalue weighted by Crippen LogP contribution is 1.67. The fourth-order valence-electron chi connectivity index (χ4n) is 0. The first-order valence-electron chi connectivity index (χ1n) is 2.18. The Bertz CT molecular complexity index is 83.4. The van der Waals surface area contributed by atoms with E-state index in [1.807, 2.05) is 0 Å². The molecule has 2 nitrogen and oxygen atoms in total. The maximum absolute atomic E-state index is 9.65. The predicted molar refractivity (Wildman–Crippen MR) is 17.9 cm³/mol. The van der Waals surface area contributed by atoms with E-state index in [0.29, 0.717) is 0 Å². The SMILES string of the molecule is [2H]C([2H])(C)C(=O)O. The van der Waals surface area contributed by atoms with Gasteiger partial charge in [0.05, 0.1) is 0 Å². The zero-order chi connectivity index (χ0) is 6.08. The maximum atomic E-state index is 9.65. The molecule has 0 fully saturated rings. The van der Waals surface area contributed by atoms with Crippen LogP contribution in [0.2, 0.25) is 0 Å². The lowest BCUT2D eigenvalue weighted by Gasteiger charge is -1.71. The van der Waals surface area contributed by atoms with Crippen LogP contribution in [-0.4, -0.2) is 11.1 Å². The first-order valence-corrected chi connectivity index (χ1v) is 1.18. The first kappa shape index (κ1) is 1.80. The van der Waals surface area contributed by atoms with Crippen LogP contribution in [0.4, 0.5) is 0 Å². The van der Waals surface area contributed by atoms with Gasteiger partial charge in [-0.3, -0.25) is 4.79 Å². The minimum absolute atomic E-state index is 0.995. The van der Waals surface area contributed by atoms with Crippen LogP contribution in [0.15, 0.2) is 0 Å². The molecule has 0 aromatic rings. The third-order valence-electron chi connectivity index (χ3n) is 0.214. The van der Waals surface area contributed by atoms with Crippen LogP contribution in [0.5, 0.6) is 0 Å². The number of hydrogen-bond donors (Lipinski definition) is 1. The fourth-order valence-corrected chi connectivity index (χ4v) is 0. The first-order chi connectivity index (χ1) is 2.94. The molecule has 0 bridgehead atoms. The van der Waals surface area contributed by atoms with Crippen molar-refractivity contribution >= 4 is 5.97 Å². The molecule has 0 aliphatic heterocycles. The number of carboxylic acid groups (broad SMARTS) is 1. The van der Waals surface area contributed by atoms with Gasteiger partial charge in [0, 0.05) is 9.11 Å².